The summed E-state index contributed by atoms with van der Waals surface area (Å²) in [4.78, 5) is 19.2. The Hall–Kier alpha value is -4.24. The molecule has 0 unspecified atom stereocenters. The number of phenolic OH excluding ortho intramolecular Hbond substituents is 1. The van der Waals surface area contributed by atoms with Crippen molar-refractivity contribution in [2.24, 2.45) is 0 Å². The van der Waals surface area contributed by atoms with Gasteiger partial charge in [-0.3, -0.25) is 9.78 Å². The van der Waals surface area contributed by atoms with Gasteiger partial charge in [-0.15, -0.1) is 0 Å². The summed E-state index contributed by atoms with van der Waals surface area (Å²) in [5.41, 5.74) is 2.79. The van der Waals surface area contributed by atoms with Gasteiger partial charge >= 0.3 is 0 Å². The lowest BCUT2D eigenvalue weighted by atomic mass is 10.0. The maximum atomic E-state index is 14.0. The Morgan fingerprint density at radius 3 is 2.58 bits per heavy atom. The van der Waals surface area contributed by atoms with E-state index < -0.39 is 5.82 Å². The second-order valence-corrected chi connectivity index (χ2v) is 8.80. The van der Waals surface area contributed by atoms with Gasteiger partial charge in [-0.25, -0.2) is 4.39 Å². The Labute approximate surface area is 213 Å². The first-order chi connectivity index (χ1) is 17.5. The number of nitrogens with one attached hydrogen (secondary N) is 2. The SMILES string of the molecule is O=C(CCN1C(=S)N[C@@H](c2ccccn2)[C@H]1c1cccn1-c1ccc(O)cc1)Nc1ccccc1F. The number of aromatic hydroxyl groups is 1. The minimum atomic E-state index is -0.482. The number of carbonyl (C=O) groups is 1. The van der Waals surface area contributed by atoms with Crippen LogP contribution in [0.5, 0.6) is 5.75 Å². The molecule has 1 aliphatic rings. The van der Waals surface area contributed by atoms with E-state index in [-0.39, 0.29) is 35.8 Å². The average molecular weight is 502 g/mol. The summed E-state index contributed by atoms with van der Waals surface area (Å²) in [6, 6.07) is 22.2. The van der Waals surface area contributed by atoms with Crippen molar-refractivity contribution in [1.82, 2.24) is 19.8 Å². The Bertz CT molecular complexity index is 1380. The molecule has 2 atom stereocenters. The fraction of sp³-hybridized carbons (Fsp3) is 0.148. The summed E-state index contributed by atoms with van der Waals surface area (Å²) >= 11 is 5.70. The number of anilines is 1. The number of carbonyl (C=O) groups excluding carboxylic acids is 1. The highest BCUT2D eigenvalue weighted by Gasteiger charge is 2.41. The molecule has 3 heterocycles. The molecule has 2 aromatic carbocycles. The number of thiocarbonyl (C=S) groups is 1. The van der Waals surface area contributed by atoms with Gasteiger partial charge in [0.15, 0.2) is 5.11 Å². The summed E-state index contributed by atoms with van der Waals surface area (Å²) in [6.45, 7) is 0.320. The van der Waals surface area contributed by atoms with Crippen LogP contribution in [0.4, 0.5) is 10.1 Å². The van der Waals surface area contributed by atoms with Crippen molar-refractivity contribution in [1.29, 1.82) is 0 Å². The highest BCUT2D eigenvalue weighted by molar-refractivity contribution is 7.80. The van der Waals surface area contributed by atoms with Gasteiger partial charge < -0.3 is 25.2 Å². The average Bonchev–Trinajstić information content (AvgIpc) is 3.49. The van der Waals surface area contributed by atoms with Crippen molar-refractivity contribution in [2.75, 3.05) is 11.9 Å². The van der Waals surface area contributed by atoms with Crippen LogP contribution in [0.2, 0.25) is 0 Å². The maximum absolute atomic E-state index is 14.0. The van der Waals surface area contributed by atoms with Gasteiger partial charge in [-0.1, -0.05) is 18.2 Å². The van der Waals surface area contributed by atoms with Gasteiger partial charge in [0, 0.05) is 36.7 Å². The molecule has 0 radical (unpaired) electrons. The number of amides is 1. The fourth-order valence-corrected chi connectivity index (χ4v) is 4.78. The molecule has 1 saturated heterocycles. The second kappa shape index (κ2) is 10.2. The first kappa shape index (κ1) is 23.5. The standard InChI is InChI=1S/C27H24FN5O2S/c28-20-6-1-2-7-21(20)30-24(35)14-17-33-26(25(31-27(33)36)22-8-3-4-15-29-22)23-9-5-16-32(23)18-10-12-19(34)13-11-18/h1-13,15-16,25-26,34H,14,17H2,(H,30,35)(H,31,36)/t25-,26+/m0/s1. The van der Waals surface area contributed by atoms with Crippen LogP contribution in [0.15, 0.2) is 91.3 Å². The number of halogens is 1. The van der Waals surface area contributed by atoms with Gasteiger partial charge in [0.2, 0.25) is 5.91 Å². The smallest absolute Gasteiger partial charge is 0.226 e. The maximum Gasteiger partial charge on any atom is 0.226 e. The van der Waals surface area contributed by atoms with Crippen LogP contribution in [-0.2, 0) is 4.79 Å². The topological polar surface area (TPSA) is 82.4 Å². The van der Waals surface area contributed by atoms with Crippen molar-refractivity contribution >= 4 is 28.9 Å². The molecule has 1 fully saturated rings. The predicted octanol–water partition coefficient (Wildman–Crippen LogP) is 4.72. The normalized spacial score (nSPS) is 17.1. The van der Waals surface area contributed by atoms with Crippen molar-refractivity contribution in [3.05, 3.63) is 108 Å². The number of rotatable bonds is 7. The Kier molecular flexibility index (Phi) is 6.64. The van der Waals surface area contributed by atoms with Crippen LogP contribution in [0.25, 0.3) is 5.69 Å². The third-order valence-corrected chi connectivity index (χ3v) is 6.49. The summed E-state index contributed by atoms with van der Waals surface area (Å²) in [5.74, 6) is -0.606. The van der Waals surface area contributed by atoms with E-state index in [2.05, 4.69) is 15.6 Å². The molecule has 0 aliphatic carbocycles. The number of para-hydroxylation sites is 1. The summed E-state index contributed by atoms with van der Waals surface area (Å²) in [7, 11) is 0. The number of nitrogens with zero attached hydrogens (tertiary/aromatic N) is 3. The zero-order valence-corrected chi connectivity index (χ0v) is 20.0. The van der Waals surface area contributed by atoms with Crippen LogP contribution >= 0.6 is 12.2 Å². The van der Waals surface area contributed by atoms with Crippen molar-refractivity contribution in [2.45, 2.75) is 18.5 Å². The van der Waals surface area contributed by atoms with E-state index in [9.17, 15) is 14.3 Å². The number of benzene rings is 2. The molecule has 0 bridgehead atoms. The zero-order chi connectivity index (χ0) is 25.1. The largest absolute Gasteiger partial charge is 0.508 e. The summed E-state index contributed by atoms with van der Waals surface area (Å²) in [6.07, 6.45) is 3.80. The molecular weight excluding hydrogens is 477 g/mol. The van der Waals surface area contributed by atoms with Gasteiger partial charge in [-0.2, -0.15) is 0 Å². The molecule has 4 aromatic rings. The molecule has 5 rings (SSSR count). The van der Waals surface area contributed by atoms with E-state index in [0.29, 0.717) is 11.7 Å². The zero-order valence-electron chi connectivity index (χ0n) is 19.2. The minimum Gasteiger partial charge on any atom is -0.508 e. The molecule has 1 amide bonds. The molecule has 9 heteroatoms. The van der Waals surface area contributed by atoms with E-state index in [1.54, 1.807) is 30.5 Å². The number of hydrogen-bond donors (Lipinski definition) is 3. The highest BCUT2D eigenvalue weighted by atomic mass is 32.1. The Morgan fingerprint density at radius 1 is 1.06 bits per heavy atom. The van der Waals surface area contributed by atoms with Crippen molar-refractivity contribution in [3.63, 3.8) is 0 Å². The Morgan fingerprint density at radius 2 is 1.83 bits per heavy atom. The lowest BCUT2D eigenvalue weighted by Gasteiger charge is -2.29. The number of pyridine rings is 1. The van der Waals surface area contributed by atoms with E-state index in [1.807, 2.05) is 58.1 Å². The molecule has 3 N–H and O–H groups in total. The number of hydrogen-bond acceptors (Lipinski definition) is 4. The molecule has 36 heavy (non-hydrogen) atoms. The molecule has 7 nitrogen and oxygen atoms in total. The molecular formula is C27H24FN5O2S. The Balaban J connectivity index is 1.44. The van der Waals surface area contributed by atoms with Crippen molar-refractivity contribution < 1.29 is 14.3 Å². The fourth-order valence-electron chi connectivity index (χ4n) is 4.45. The summed E-state index contributed by atoms with van der Waals surface area (Å²) in [5, 5.41) is 16.3. The molecule has 2 aromatic heterocycles. The highest BCUT2D eigenvalue weighted by Crippen LogP contribution is 2.39. The first-order valence-corrected chi connectivity index (χ1v) is 11.9. The molecule has 182 valence electrons. The van der Waals surface area contributed by atoms with Crippen LogP contribution in [0, 0.1) is 5.82 Å². The van der Waals surface area contributed by atoms with Crippen LogP contribution in [0.3, 0.4) is 0 Å². The lowest BCUT2D eigenvalue weighted by Crippen LogP contribution is -2.33. The van der Waals surface area contributed by atoms with E-state index in [0.717, 1.165) is 17.1 Å². The predicted molar refractivity (Wildman–Crippen MR) is 139 cm³/mol. The van der Waals surface area contributed by atoms with Gasteiger partial charge in [0.05, 0.1) is 23.5 Å². The third-order valence-electron chi connectivity index (χ3n) is 6.14. The number of phenols is 1. The molecule has 1 aliphatic heterocycles. The van der Waals surface area contributed by atoms with Crippen LogP contribution in [-0.4, -0.2) is 37.1 Å². The summed E-state index contributed by atoms with van der Waals surface area (Å²) < 4.78 is 16.0. The van der Waals surface area contributed by atoms with Gasteiger partial charge in [-0.05, 0) is 72.9 Å². The minimum absolute atomic E-state index is 0.113. The molecule has 0 spiro atoms. The van der Waals surface area contributed by atoms with Gasteiger partial charge in [0.25, 0.3) is 0 Å². The number of aromatic nitrogens is 2. The monoisotopic (exact) mass is 501 g/mol. The van der Waals surface area contributed by atoms with Crippen LogP contribution < -0.4 is 10.6 Å². The lowest BCUT2D eigenvalue weighted by molar-refractivity contribution is -0.116. The van der Waals surface area contributed by atoms with Gasteiger partial charge in [0.1, 0.15) is 11.6 Å². The third kappa shape index (κ3) is 4.78. The molecule has 0 saturated carbocycles. The first-order valence-electron chi connectivity index (χ1n) is 11.5. The van der Waals surface area contributed by atoms with Crippen LogP contribution in [0.1, 0.15) is 29.9 Å². The second-order valence-electron chi connectivity index (χ2n) is 8.42. The van der Waals surface area contributed by atoms with E-state index >= 15 is 0 Å². The quantitative estimate of drug-likeness (QED) is 0.318. The van der Waals surface area contributed by atoms with Crippen molar-refractivity contribution in [3.8, 4) is 11.4 Å². The van der Waals surface area contributed by atoms with E-state index in [4.69, 9.17) is 12.2 Å². The van der Waals surface area contributed by atoms with E-state index in [1.165, 1.54) is 12.1 Å².